The third kappa shape index (κ3) is 2.47. The van der Waals surface area contributed by atoms with Crippen LogP contribution in [0.4, 0.5) is 4.39 Å². The summed E-state index contributed by atoms with van der Waals surface area (Å²) in [6.45, 7) is 3.72. The Morgan fingerprint density at radius 3 is 2.95 bits per heavy atom. The molecule has 0 spiro atoms. The van der Waals surface area contributed by atoms with Gasteiger partial charge in [0.25, 0.3) is 0 Å². The number of aromatic nitrogens is 2. The van der Waals surface area contributed by atoms with Gasteiger partial charge in [-0.05, 0) is 24.6 Å². The number of nitrogens with zero attached hydrogens (tertiary/aromatic N) is 2. The van der Waals surface area contributed by atoms with Crippen LogP contribution < -0.4 is 5.32 Å². The fourth-order valence-electron chi connectivity index (χ4n) is 2.47. The number of nitrogens with one attached hydrogen (secondary N) is 1. The van der Waals surface area contributed by atoms with E-state index in [0.717, 1.165) is 41.8 Å². The Morgan fingerprint density at radius 2 is 2.15 bits per heavy atom. The lowest BCUT2D eigenvalue weighted by Gasteiger charge is -2.10. The van der Waals surface area contributed by atoms with Gasteiger partial charge in [-0.15, -0.1) is 0 Å². The van der Waals surface area contributed by atoms with Crippen molar-refractivity contribution in [3.8, 4) is 11.4 Å². The van der Waals surface area contributed by atoms with Crippen molar-refractivity contribution in [3.63, 3.8) is 0 Å². The number of fused-ring (bicyclic) bond motifs is 1. The minimum absolute atomic E-state index is 0.275. The molecule has 0 unspecified atom stereocenters. The summed E-state index contributed by atoms with van der Waals surface area (Å²) in [6.07, 6.45) is 1.96. The summed E-state index contributed by atoms with van der Waals surface area (Å²) in [5.74, 6) is 0.324. The van der Waals surface area contributed by atoms with Crippen LogP contribution in [0, 0.1) is 5.82 Å². The molecule has 1 aromatic heterocycles. The first-order valence-electron chi connectivity index (χ1n) is 6.74. The topological polar surface area (TPSA) is 37.8 Å². The standard InChI is InChI=1S/C15H15BrFN3/c1-2-3-13-11-7-18-8-14(11)20-15(19-13)10-6-9(17)4-5-12(10)16/h4-6,18H,2-3,7-8H2,1H3. The minimum Gasteiger partial charge on any atom is -0.307 e. The lowest BCUT2D eigenvalue weighted by atomic mass is 10.1. The van der Waals surface area contributed by atoms with Gasteiger partial charge in [-0.3, -0.25) is 0 Å². The largest absolute Gasteiger partial charge is 0.307 e. The fraction of sp³-hybridized carbons (Fsp3) is 0.333. The first kappa shape index (κ1) is 13.6. The monoisotopic (exact) mass is 335 g/mol. The van der Waals surface area contributed by atoms with Crippen LogP contribution >= 0.6 is 15.9 Å². The van der Waals surface area contributed by atoms with Gasteiger partial charge in [0, 0.05) is 34.4 Å². The zero-order chi connectivity index (χ0) is 14.1. The van der Waals surface area contributed by atoms with E-state index in [4.69, 9.17) is 0 Å². The predicted molar refractivity (Wildman–Crippen MR) is 79.7 cm³/mol. The molecule has 2 heterocycles. The third-order valence-corrected chi connectivity index (χ3v) is 4.12. The molecule has 1 aliphatic heterocycles. The van der Waals surface area contributed by atoms with E-state index in [-0.39, 0.29) is 5.82 Å². The molecule has 0 saturated heterocycles. The van der Waals surface area contributed by atoms with E-state index in [1.165, 1.54) is 17.7 Å². The van der Waals surface area contributed by atoms with Gasteiger partial charge in [-0.2, -0.15) is 0 Å². The molecule has 3 rings (SSSR count). The molecule has 1 aromatic carbocycles. The molecule has 0 saturated carbocycles. The van der Waals surface area contributed by atoms with Crippen molar-refractivity contribution in [2.24, 2.45) is 0 Å². The molecule has 0 fully saturated rings. The van der Waals surface area contributed by atoms with E-state index in [0.29, 0.717) is 11.4 Å². The highest BCUT2D eigenvalue weighted by molar-refractivity contribution is 9.10. The first-order chi connectivity index (χ1) is 9.69. The van der Waals surface area contributed by atoms with Crippen molar-refractivity contribution in [1.82, 2.24) is 15.3 Å². The smallest absolute Gasteiger partial charge is 0.160 e. The van der Waals surface area contributed by atoms with Crippen molar-refractivity contribution in [2.45, 2.75) is 32.9 Å². The van der Waals surface area contributed by atoms with Gasteiger partial charge in [-0.1, -0.05) is 29.3 Å². The van der Waals surface area contributed by atoms with Gasteiger partial charge in [0.15, 0.2) is 5.82 Å². The summed E-state index contributed by atoms with van der Waals surface area (Å²) in [5.41, 5.74) is 4.03. The molecule has 104 valence electrons. The van der Waals surface area contributed by atoms with Crippen LogP contribution in [0.3, 0.4) is 0 Å². The molecule has 0 atom stereocenters. The molecular formula is C15H15BrFN3. The van der Waals surface area contributed by atoms with Crippen LogP contribution in [0.25, 0.3) is 11.4 Å². The van der Waals surface area contributed by atoms with Crippen LogP contribution in [0.1, 0.15) is 30.3 Å². The number of halogens is 2. The van der Waals surface area contributed by atoms with Crippen molar-refractivity contribution >= 4 is 15.9 Å². The van der Waals surface area contributed by atoms with E-state index < -0.39 is 0 Å². The highest BCUT2D eigenvalue weighted by Gasteiger charge is 2.19. The summed E-state index contributed by atoms with van der Waals surface area (Å²) in [4.78, 5) is 9.26. The molecule has 1 N–H and O–H groups in total. The Kier molecular flexibility index (Phi) is 3.81. The average Bonchev–Trinajstić information content (AvgIpc) is 2.90. The molecule has 0 amide bonds. The van der Waals surface area contributed by atoms with E-state index >= 15 is 0 Å². The average molecular weight is 336 g/mol. The maximum atomic E-state index is 13.5. The SMILES string of the molecule is CCCc1nc(-c2cc(F)ccc2Br)nc2c1CNC2. The Balaban J connectivity index is 2.14. The van der Waals surface area contributed by atoms with Gasteiger partial charge in [0.05, 0.1) is 5.69 Å². The normalized spacial score (nSPS) is 13.6. The maximum absolute atomic E-state index is 13.5. The highest BCUT2D eigenvalue weighted by atomic mass is 79.9. The second-order valence-electron chi connectivity index (χ2n) is 4.90. The zero-order valence-electron chi connectivity index (χ0n) is 11.2. The van der Waals surface area contributed by atoms with E-state index in [9.17, 15) is 4.39 Å². The number of rotatable bonds is 3. The van der Waals surface area contributed by atoms with Crippen molar-refractivity contribution < 1.29 is 4.39 Å². The predicted octanol–water partition coefficient (Wildman–Crippen LogP) is 3.60. The maximum Gasteiger partial charge on any atom is 0.160 e. The van der Waals surface area contributed by atoms with Gasteiger partial charge in [0.2, 0.25) is 0 Å². The van der Waals surface area contributed by atoms with Crippen molar-refractivity contribution in [1.29, 1.82) is 0 Å². The minimum atomic E-state index is -0.275. The number of aryl methyl sites for hydroxylation is 1. The Hall–Kier alpha value is -1.33. The summed E-state index contributed by atoms with van der Waals surface area (Å²) < 4.78 is 14.3. The summed E-state index contributed by atoms with van der Waals surface area (Å²) in [7, 11) is 0. The quantitative estimate of drug-likeness (QED) is 0.931. The van der Waals surface area contributed by atoms with Gasteiger partial charge < -0.3 is 5.32 Å². The van der Waals surface area contributed by atoms with Gasteiger partial charge in [-0.25, -0.2) is 14.4 Å². The lowest BCUT2D eigenvalue weighted by Crippen LogP contribution is -2.04. The lowest BCUT2D eigenvalue weighted by molar-refractivity contribution is 0.628. The van der Waals surface area contributed by atoms with Crippen molar-refractivity contribution in [3.05, 3.63) is 45.4 Å². The first-order valence-corrected chi connectivity index (χ1v) is 7.53. The van der Waals surface area contributed by atoms with Crippen LogP contribution in [-0.2, 0) is 19.5 Å². The van der Waals surface area contributed by atoms with Gasteiger partial charge >= 0.3 is 0 Å². The molecule has 0 radical (unpaired) electrons. The van der Waals surface area contributed by atoms with Crippen LogP contribution in [0.5, 0.6) is 0 Å². The molecule has 20 heavy (non-hydrogen) atoms. The van der Waals surface area contributed by atoms with Crippen molar-refractivity contribution in [2.75, 3.05) is 0 Å². The molecule has 3 nitrogen and oxygen atoms in total. The van der Waals surface area contributed by atoms with Crippen LogP contribution in [0.2, 0.25) is 0 Å². The number of hydrogen-bond donors (Lipinski definition) is 1. The van der Waals surface area contributed by atoms with E-state index in [2.05, 4.69) is 38.1 Å². The Labute approximate surface area is 125 Å². The Morgan fingerprint density at radius 1 is 1.30 bits per heavy atom. The van der Waals surface area contributed by atoms with E-state index in [1.54, 1.807) is 6.07 Å². The Bertz CT molecular complexity index is 658. The van der Waals surface area contributed by atoms with Crippen LogP contribution in [-0.4, -0.2) is 9.97 Å². The summed E-state index contributed by atoms with van der Waals surface area (Å²) >= 11 is 3.45. The second kappa shape index (κ2) is 5.58. The molecule has 0 aliphatic carbocycles. The summed E-state index contributed by atoms with van der Waals surface area (Å²) in [5, 5.41) is 3.30. The summed E-state index contributed by atoms with van der Waals surface area (Å²) in [6, 6.07) is 4.60. The highest BCUT2D eigenvalue weighted by Crippen LogP contribution is 2.29. The molecule has 2 aromatic rings. The number of hydrogen-bond acceptors (Lipinski definition) is 3. The number of benzene rings is 1. The molecule has 5 heteroatoms. The fourth-order valence-corrected chi connectivity index (χ4v) is 2.90. The molecule has 1 aliphatic rings. The molecule has 0 bridgehead atoms. The zero-order valence-corrected chi connectivity index (χ0v) is 12.8. The van der Waals surface area contributed by atoms with Gasteiger partial charge in [0.1, 0.15) is 5.82 Å². The van der Waals surface area contributed by atoms with Crippen LogP contribution in [0.15, 0.2) is 22.7 Å². The third-order valence-electron chi connectivity index (χ3n) is 3.43. The van der Waals surface area contributed by atoms with E-state index in [1.807, 2.05) is 0 Å². The second-order valence-corrected chi connectivity index (χ2v) is 5.75. The molecular weight excluding hydrogens is 321 g/mol.